The first-order valence-electron chi connectivity index (χ1n) is 28.8. The molecule has 72 heavy (non-hydrogen) atoms. The molecule has 0 radical (unpaired) electrons. The molecule has 7 atom stereocenters. The van der Waals surface area contributed by atoms with Crippen molar-refractivity contribution in [2.45, 2.75) is 256 Å². The molecule has 0 saturated carbocycles. The van der Waals surface area contributed by atoms with Crippen molar-refractivity contribution in [2.75, 3.05) is 13.2 Å². The topological polar surface area (TPSA) is 149 Å². The number of carbonyl (C=O) groups excluding carboxylic acids is 1. The van der Waals surface area contributed by atoms with E-state index in [4.69, 9.17) is 9.47 Å². The summed E-state index contributed by atoms with van der Waals surface area (Å²) >= 11 is 0. The van der Waals surface area contributed by atoms with E-state index < -0.39 is 49.5 Å². The third kappa shape index (κ3) is 40.0. The molecule has 9 heteroatoms. The average Bonchev–Trinajstić information content (AvgIpc) is 3.38. The van der Waals surface area contributed by atoms with Crippen LogP contribution in [0.15, 0.2) is 122 Å². The van der Waals surface area contributed by atoms with Crippen LogP contribution >= 0.6 is 0 Å². The molecular formula is C63H105NO8. The van der Waals surface area contributed by atoms with Crippen molar-refractivity contribution in [2.24, 2.45) is 0 Å². The highest BCUT2D eigenvalue weighted by atomic mass is 16.7. The van der Waals surface area contributed by atoms with Crippen molar-refractivity contribution in [3.05, 3.63) is 122 Å². The summed E-state index contributed by atoms with van der Waals surface area (Å²) in [6, 6.07) is -0.844. The Morgan fingerprint density at radius 2 is 0.875 bits per heavy atom. The Balaban J connectivity index is 2.29. The van der Waals surface area contributed by atoms with Gasteiger partial charge < -0.3 is 40.3 Å². The molecule has 6 N–H and O–H groups in total. The number of hydrogen-bond donors (Lipinski definition) is 6. The van der Waals surface area contributed by atoms with Crippen LogP contribution in [-0.2, 0) is 14.3 Å². The number of ether oxygens (including phenoxy) is 2. The average molecular weight is 1000 g/mol. The van der Waals surface area contributed by atoms with Crippen LogP contribution in [0.25, 0.3) is 0 Å². The standard InChI is InChI=1S/C63H105NO8/c1-3-5-7-9-11-13-15-17-19-21-23-25-26-27-28-29-30-31-32-33-35-37-39-41-43-45-47-49-51-53-59(67)64-56(55-71-63-62(70)61(69)60(68)58(54-65)72-63)57(66)52-50-48-46-44-42-40-38-36-34-24-22-20-18-16-14-12-10-8-6-4-2/h5,7,11,13,17,19,23,25,27-28,30-31,33-36,42,44,50,52,56-58,60-63,65-66,68-70H,3-4,6,8-10,12,14-16,18,20-22,24,26,29,32,37-41,43,45-49,51,53-55H2,1-2H3,(H,64,67)/b7-5-,13-11-,19-17-,25-23-,28-27-,31-30-,35-33-,36-34+,44-42+,52-50+. The lowest BCUT2D eigenvalue weighted by molar-refractivity contribution is -0.302. The number of allylic oxidation sites excluding steroid dienone is 19. The first-order valence-corrected chi connectivity index (χ1v) is 28.8. The molecule has 7 unspecified atom stereocenters. The molecule has 1 aliphatic rings. The number of amides is 1. The molecule has 1 aliphatic heterocycles. The molecule has 1 saturated heterocycles. The van der Waals surface area contributed by atoms with E-state index >= 15 is 0 Å². The summed E-state index contributed by atoms with van der Waals surface area (Å²) in [7, 11) is 0. The number of carbonyl (C=O) groups is 1. The lowest BCUT2D eigenvalue weighted by atomic mass is 9.99. The highest BCUT2D eigenvalue weighted by molar-refractivity contribution is 5.76. The third-order valence-corrected chi connectivity index (χ3v) is 12.7. The SMILES string of the molecule is CC/C=C\C/C=C\C/C=C\C/C=C\C/C=C\C/C=C\C/C=C\CCCCCCCCCC(=O)NC(COC1OC(CO)C(O)C(O)C1O)C(O)/C=C/CC/C=C/CC/C=C/CCCCCCCCCCCC. The fourth-order valence-electron chi connectivity index (χ4n) is 8.23. The fourth-order valence-corrected chi connectivity index (χ4v) is 8.23. The van der Waals surface area contributed by atoms with Crippen LogP contribution in [0.5, 0.6) is 0 Å². The van der Waals surface area contributed by atoms with Crippen LogP contribution < -0.4 is 5.32 Å². The molecule has 0 aliphatic carbocycles. The molecule has 0 bridgehead atoms. The van der Waals surface area contributed by atoms with Gasteiger partial charge in [0.15, 0.2) is 6.29 Å². The second-order valence-corrected chi connectivity index (χ2v) is 19.3. The lowest BCUT2D eigenvalue weighted by Crippen LogP contribution is -2.60. The van der Waals surface area contributed by atoms with Gasteiger partial charge >= 0.3 is 0 Å². The van der Waals surface area contributed by atoms with E-state index in [1.807, 2.05) is 6.08 Å². The van der Waals surface area contributed by atoms with E-state index in [0.29, 0.717) is 6.42 Å². The Kier molecular flexibility index (Phi) is 47.3. The fraction of sp³-hybridized carbons (Fsp3) is 0.667. The maximum atomic E-state index is 13.1. The quantitative estimate of drug-likeness (QED) is 0.0261. The summed E-state index contributed by atoms with van der Waals surface area (Å²) < 4.78 is 11.2. The molecule has 1 rings (SSSR count). The van der Waals surface area contributed by atoms with Gasteiger partial charge in [-0.3, -0.25) is 4.79 Å². The van der Waals surface area contributed by atoms with Crippen LogP contribution in [0.3, 0.4) is 0 Å². The molecule has 1 fully saturated rings. The zero-order valence-electron chi connectivity index (χ0n) is 45.4. The third-order valence-electron chi connectivity index (χ3n) is 12.7. The monoisotopic (exact) mass is 1000 g/mol. The van der Waals surface area contributed by atoms with Crippen molar-refractivity contribution < 1.29 is 39.8 Å². The van der Waals surface area contributed by atoms with Crippen LogP contribution in [0.4, 0.5) is 0 Å². The number of aliphatic hydroxyl groups is 5. The summed E-state index contributed by atoms with van der Waals surface area (Å²) in [5.41, 5.74) is 0. The van der Waals surface area contributed by atoms with Gasteiger partial charge in [0.05, 0.1) is 25.4 Å². The van der Waals surface area contributed by atoms with E-state index in [1.165, 1.54) is 83.5 Å². The van der Waals surface area contributed by atoms with Gasteiger partial charge in [0, 0.05) is 6.42 Å². The van der Waals surface area contributed by atoms with Gasteiger partial charge in [0.2, 0.25) is 5.91 Å². The first kappa shape index (κ1) is 66.6. The molecule has 0 aromatic rings. The van der Waals surface area contributed by atoms with Gasteiger partial charge in [-0.1, -0.05) is 225 Å². The van der Waals surface area contributed by atoms with Gasteiger partial charge in [0.1, 0.15) is 24.4 Å². The Morgan fingerprint density at radius 3 is 1.33 bits per heavy atom. The Morgan fingerprint density at radius 1 is 0.486 bits per heavy atom. The van der Waals surface area contributed by atoms with Gasteiger partial charge in [-0.2, -0.15) is 0 Å². The van der Waals surface area contributed by atoms with Crippen LogP contribution in [0.2, 0.25) is 0 Å². The van der Waals surface area contributed by atoms with E-state index in [-0.39, 0.29) is 12.5 Å². The molecule has 1 amide bonds. The summed E-state index contributed by atoms with van der Waals surface area (Å²) in [6.07, 6.45) is 69.7. The minimum Gasteiger partial charge on any atom is -0.394 e. The van der Waals surface area contributed by atoms with Crippen molar-refractivity contribution >= 4 is 5.91 Å². The van der Waals surface area contributed by atoms with Gasteiger partial charge in [-0.05, 0) is 103 Å². The number of nitrogens with one attached hydrogen (secondary N) is 1. The summed E-state index contributed by atoms with van der Waals surface area (Å²) in [5.74, 6) is -0.207. The summed E-state index contributed by atoms with van der Waals surface area (Å²) in [6.45, 7) is 3.63. The molecule has 0 aromatic heterocycles. The van der Waals surface area contributed by atoms with E-state index in [0.717, 1.165) is 109 Å². The van der Waals surface area contributed by atoms with Crippen molar-refractivity contribution in [3.8, 4) is 0 Å². The zero-order valence-corrected chi connectivity index (χ0v) is 45.4. The minimum atomic E-state index is -1.58. The predicted molar refractivity (Wildman–Crippen MR) is 304 cm³/mol. The van der Waals surface area contributed by atoms with E-state index in [2.05, 4.69) is 129 Å². The summed E-state index contributed by atoms with van der Waals surface area (Å²) in [4.78, 5) is 13.1. The lowest BCUT2D eigenvalue weighted by Gasteiger charge is -2.40. The number of unbranched alkanes of at least 4 members (excludes halogenated alkanes) is 19. The molecule has 9 nitrogen and oxygen atoms in total. The normalized spacial score (nSPS) is 20.1. The molecule has 0 aromatic carbocycles. The van der Waals surface area contributed by atoms with E-state index in [9.17, 15) is 30.3 Å². The Bertz CT molecular complexity index is 1540. The van der Waals surface area contributed by atoms with Gasteiger partial charge in [-0.25, -0.2) is 0 Å². The number of hydrogen-bond acceptors (Lipinski definition) is 8. The molecule has 410 valence electrons. The van der Waals surface area contributed by atoms with Crippen molar-refractivity contribution in [1.29, 1.82) is 0 Å². The second-order valence-electron chi connectivity index (χ2n) is 19.3. The van der Waals surface area contributed by atoms with Crippen LogP contribution in [0, 0.1) is 0 Å². The largest absolute Gasteiger partial charge is 0.394 e. The molecule has 0 spiro atoms. The van der Waals surface area contributed by atoms with Crippen molar-refractivity contribution in [1.82, 2.24) is 5.32 Å². The van der Waals surface area contributed by atoms with Crippen molar-refractivity contribution in [3.63, 3.8) is 0 Å². The summed E-state index contributed by atoms with van der Waals surface area (Å²) in [5, 5.41) is 54.5. The van der Waals surface area contributed by atoms with Gasteiger partial charge in [-0.15, -0.1) is 0 Å². The Labute approximate surface area is 439 Å². The highest BCUT2D eigenvalue weighted by Crippen LogP contribution is 2.23. The maximum absolute atomic E-state index is 13.1. The number of aliphatic hydroxyl groups excluding tert-OH is 5. The Hall–Kier alpha value is -3.41. The predicted octanol–water partition coefficient (Wildman–Crippen LogP) is 14.3. The van der Waals surface area contributed by atoms with E-state index in [1.54, 1.807) is 6.08 Å². The highest BCUT2D eigenvalue weighted by Gasteiger charge is 2.44. The van der Waals surface area contributed by atoms with Crippen LogP contribution in [-0.4, -0.2) is 87.5 Å². The minimum absolute atomic E-state index is 0.207. The van der Waals surface area contributed by atoms with Gasteiger partial charge in [0.25, 0.3) is 0 Å². The smallest absolute Gasteiger partial charge is 0.220 e. The second kappa shape index (κ2) is 51.1. The maximum Gasteiger partial charge on any atom is 0.220 e. The zero-order chi connectivity index (χ0) is 52.2. The molecule has 1 heterocycles. The molecular weight excluding hydrogens is 899 g/mol. The number of rotatable bonds is 47. The van der Waals surface area contributed by atoms with Crippen LogP contribution in [0.1, 0.15) is 213 Å². The first-order chi connectivity index (χ1) is 35.3.